The van der Waals surface area contributed by atoms with Crippen molar-refractivity contribution in [2.75, 3.05) is 18.4 Å². The van der Waals surface area contributed by atoms with Crippen LogP contribution in [0, 0.1) is 0 Å². The Morgan fingerprint density at radius 3 is 3.25 bits per heavy atom. The fourth-order valence-electron chi connectivity index (χ4n) is 2.17. The maximum absolute atomic E-state index is 12.4. The molecule has 0 saturated carbocycles. The number of thiophene rings is 1. The first-order chi connectivity index (χ1) is 9.78. The van der Waals surface area contributed by atoms with E-state index in [2.05, 4.69) is 33.9 Å². The molecule has 0 aromatic carbocycles. The van der Waals surface area contributed by atoms with Crippen molar-refractivity contribution >= 4 is 33.7 Å². The molecule has 1 amide bonds. The second kappa shape index (κ2) is 5.88. The standard InChI is InChI=1S/C13H16N4OS2/c1-2-5-14-13-16-15-11(20-13)12(18)17-6-3-10-9(8-17)4-7-19-10/h4,7H,2-3,5-6,8H2,1H3,(H,14,16). The van der Waals surface area contributed by atoms with Crippen LogP contribution in [0.1, 0.15) is 33.6 Å². The Balaban J connectivity index is 1.69. The lowest BCUT2D eigenvalue weighted by molar-refractivity contribution is 0.0734. The molecule has 0 bridgehead atoms. The second-order valence-electron chi connectivity index (χ2n) is 4.68. The number of hydrogen-bond acceptors (Lipinski definition) is 6. The third-order valence-corrected chi connectivity index (χ3v) is 5.12. The molecule has 0 saturated heterocycles. The van der Waals surface area contributed by atoms with Crippen LogP contribution >= 0.6 is 22.7 Å². The fourth-order valence-corrected chi connectivity index (χ4v) is 3.80. The highest BCUT2D eigenvalue weighted by Gasteiger charge is 2.25. The quantitative estimate of drug-likeness (QED) is 0.943. The number of amides is 1. The first-order valence-corrected chi connectivity index (χ1v) is 8.39. The predicted molar refractivity (Wildman–Crippen MR) is 81.5 cm³/mol. The summed E-state index contributed by atoms with van der Waals surface area (Å²) in [5.74, 6) is -0.0103. The van der Waals surface area contributed by atoms with Gasteiger partial charge in [-0.05, 0) is 29.9 Å². The van der Waals surface area contributed by atoms with Crippen molar-refractivity contribution in [1.29, 1.82) is 0 Å². The predicted octanol–water partition coefficient (Wildman–Crippen LogP) is 2.62. The van der Waals surface area contributed by atoms with Gasteiger partial charge in [-0.1, -0.05) is 18.3 Å². The van der Waals surface area contributed by atoms with Crippen LogP contribution in [0.3, 0.4) is 0 Å². The molecule has 3 heterocycles. The van der Waals surface area contributed by atoms with Gasteiger partial charge < -0.3 is 10.2 Å². The summed E-state index contributed by atoms with van der Waals surface area (Å²) in [6.45, 7) is 4.40. The molecule has 0 atom stereocenters. The highest BCUT2D eigenvalue weighted by Crippen LogP contribution is 2.26. The number of rotatable bonds is 4. The maximum Gasteiger partial charge on any atom is 0.285 e. The van der Waals surface area contributed by atoms with E-state index in [1.54, 1.807) is 11.3 Å². The lowest BCUT2D eigenvalue weighted by atomic mass is 10.1. The van der Waals surface area contributed by atoms with Crippen molar-refractivity contribution in [2.45, 2.75) is 26.3 Å². The molecule has 1 aliphatic heterocycles. The van der Waals surface area contributed by atoms with Gasteiger partial charge in [-0.15, -0.1) is 21.5 Å². The minimum atomic E-state index is -0.0103. The fraction of sp³-hybridized carbons (Fsp3) is 0.462. The highest BCUT2D eigenvalue weighted by atomic mass is 32.1. The molecule has 1 N–H and O–H groups in total. The van der Waals surface area contributed by atoms with Crippen molar-refractivity contribution in [2.24, 2.45) is 0 Å². The van der Waals surface area contributed by atoms with Crippen LogP contribution in [0.5, 0.6) is 0 Å². The van der Waals surface area contributed by atoms with Crippen LogP contribution in [-0.4, -0.2) is 34.1 Å². The smallest absolute Gasteiger partial charge is 0.285 e. The first kappa shape index (κ1) is 13.5. The number of nitrogens with zero attached hydrogens (tertiary/aromatic N) is 3. The topological polar surface area (TPSA) is 58.1 Å². The summed E-state index contributed by atoms with van der Waals surface area (Å²) in [7, 11) is 0. The van der Waals surface area contributed by atoms with E-state index in [-0.39, 0.29) is 5.91 Å². The molecule has 0 radical (unpaired) electrons. The molecule has 0 spiro atoms. The Morgan fingerprint density at radius 2 is 2.40 bits per heavy atom. The summed E-state index contributed by atoms with van der Waals surface area (Å²) >= 11 is 3.11. The normalized spacial score (nSPS) is 14.2. The minimum absolute atomic E-state index is 0.0103. The molecule has 3 rings (SSSR count). The Hall–Kier alpha value is -1.47. The van der Waals surface area contributed by atoms with E-state index >= 15 is 0 Å². The summed E-state index contributed by atoms with van der Waals surface area (Å²) < 4.78 is 0. The van der Waals surface area contributed by atoms with Crippen molar-refractivity contribution < 1.29 is 4.79 Å². The van der Waals surface area contributed by atoms with Crippen LogP contribution in [0.2, 0.25) is 0 Å². The Labute approximate surface area is 125 Å². The van der Waals surface area contributed by atoms with E-state index in [0.29, 0.717) is 11.6 Å². The van der Waals surface area contributed by atoms with Gasteiger partial charge in [-0.2, -0.15) is 0 Å². The van der Waals surface area contributed by atoms with Crippen molar-refractivity contribution in [3.05, 3.63) is 26.9 Å². The molecule has 0 aliphatic carbocycles. The number of carbonyl (C=O) groups is 1. The SMILES string of the molecule is CCCNc1nnc(C(=O)N2CCc3sccc3C2)s1. The van der Waals surface area contributed by atoms with Crippen LogP contribution in [-0.2, 0) is 13.0 Å². The molecule has 5 nitrogen and oxygen atoms in total. The molecule has 20 heavy (non-hydrogen) atoms. The number of fused-ring (bicyclic) bond motifs is 1. The lowest BCUT2D eigenvalue weighted by Crippen LogP contribution is -2.35. The second-order valence-corrected chi connectivity index (χ2v) is 6.66. The molecule has 2 aromatic heterocycles. The molecule has 1 aliphatic rings. The van der Waals surface area contributed by atoms with Gasteiger partial charge >= 0.3 is 0 Å². The number of aromatic nitrogens is 2. The van der Waals surface area contributed by atoms with Gasteiger partial charge in [0.25, 0.3) is 5.91 Å². The van der Waals surface area contributed by atoms with E-state index in [0.717, 1.165) is 31.1 Å². The molecular weight excluding hydrogens is 292 g/mol. The highest BCUT2D eigenvalue weighted by molar-refractivity contribution is 7.17. The summed E-state index contributed by atoms with van der Waals surface area (Å²) in [6.07, 6.45) is 1.97. The summed E-state index contributed by atoms with van der Waals surface area (Å²) in [6, 6.07) is 2.10. The average molecular weight is 308 g/mol. The van der Waals surface area contributed by atoms with Gasteiger partial charge in [0.05, 0.1) is 0 Å². The number of carbonyl (C=O) groups excluding carboxylic acids is 1. The van der Waals surface area contributed by atoms with Crippen molar-refractivity contribution in [3.63, 3.8) is 0 Å². The zero-order chi connectivity index (χ0) is 13.9. The average Bonchev–Trinajstić information content (AvgIpc) is 3.12. The number of anilines is 1. The van der Waals surface area contributed by atoms with Gasteiger partial charge in [0.2, 0.25) is 10.1 Å². The van der Waals surface area contributed by atoms with Gasteiger partial charge in [0, 0.05) is 24.5 Å². The van der Waals surface area contributed by atoms with Gasteiger partial charge in [-0.25, -0.2) is 0 Å². The zero-order valence-electron chi connectivity index (χ0n) is 11.3. The Morgan fingerprint density at radius 1 is 1.50 bits per heavy atom. The third-order valence-electron chi connectivity index (χ3n) is 3.23. The Bertz CT molecular complexity index is 607. The number of hydrogen-bond donors (Lipinski definition) is 1. The van der Waals surface area contributed by atoms with E-state index in [9.17, 15) is 4.79 Å². The van der Waals surface area contributed by atoms with Crippen LogP contribution in [0.25, 0.3) is 0 Å². The van der Waals surface area contributed by atoms with Crippen molar-refractivity contribution in [3.8, 4) is 0 Å². The van der Waals surface area contributed by atoms with E-state index in [1.807, 2.05) is 4.90 Å². The largest absolute Gasteiger partial charge is 0.360 e. The molecular formula is C13H16N4OS2. The monoisotopic (exact) mass is 308 g/mol. The molecule has 0 fully saturated rings. The molecule has 106 valence electrons. The van der Waals surface area contributed by atoms with Crippen LogP contribution in [0.4, 0.5) is 5.13 Å². The summed E-state index contributed by atoms with van der Waals surface area (Å²) in [5, 5.41) is 14.5. The van der Waals surface area contributed by atoms with E-state index in [1.165, 1.54) is 21.8 Å². The molecule has 0 unspecified atom stereocenters. The van der Waals surface area contributed by atoms with E-state index in [4.69, 9.17) is 0 Å². The van der Waals surface area contributed by atoms with Crippen molar-refractivity contribution in [1.82, 2.24) is 15.1 Å². The summed E-state index contributed by atoms with van der Waals surface area (Å²) in [4.78, 5) is 15.7. The lowest BCUT2D eigenvalue weighted by Gasteiger charge is -2.25. The van der Waals surface area contributed by atoms with Gasteiger partial charge in [-0.3, -0.25) is 4.79 Å². The minimum Gasteiger partial charge on any atom is -0.360 e. The summed E-state index contributed by atoms with van der Waals surface area (Å²) in [5.41, 5.74) is 1.27. The molecule has 7 heteroatoms. The van der Waals surface area contributed by atoms with Gasteiger partial charge in [0.1, 0.15) is 0 Å². The maximum atomic E-state index is 12.4. The third kappa shape index (κ3) is 2.69. The first-order valence-electron chi connectivity index (χ1n) is 6.70. The van der Waals surface area contributed by atoms with E-state index < -0.39 is 0 Å². The number of nitrogens with one attached hydrogen (secondary N) is 1. The Kier molecular flexibility index (Phi) is 3.98. The van der Waals surface area contributed by atoms with Crippen LogP contribution in [0.15, 0.2) is 11.4 Å². The van der Waals surface area contributed by atoms with Gasteiger partial charge in [0.15, 0.2) is 0 Å². The van der Waals surface area contributed by atoms with Crippen LogP contribution < -0.4 is 5.32 Å². The zero-order valence-corrected chi connectivity index (χ0v) is 12.9. The molecule has 2 aromatic rings.